The van der Waals surface area contributed by atoms with E-state index in [-0.39, 0.29) is 47.9 Å². The number of carbonyl (C=O) groups is 8. The molecule has 0 unspecified atom stereocenters. The standard InChI is InChI=1S/C42H51N13O7.C34H38N12O4/c1-6-54-31(19-25(3)49-54)39(58)47-41-45-29-21-27(37(43)56)23-33(60-5)35(29)52(41)12-8-9-13-53-36-30(46-42(53)48-40(59)32-20-26(4)50-55(32)7-2)22-28(38(44)57)24-34(36)62-16-10-11-51-14-17-61-18-15-51;1-5-45-27(15-19(3)41-45)31(49)39-33-37-23-17-21(29(35)47)9-11-25(23)43(33)13-7-8-14-44-26-12-10-22(30(36)48)18-24(26)38-34(44)40-32(50)28-16-20(4)42-46(28)6-2/h8-9,19-24H,6-7,10-18H2,1-5H3,(H2,43,56)(H2,44,57)(H,45,47,58)(H,46,48,59);9-12,15-18H,5-8,13-14H2,1-4H3,(H2,35,47)(H2,36,48)(H,37,39,49)(H,38,40,50)/b9-8+;. The summed E-state index contributed by atoms with van der Waals surface area (Å²) in [6.45, 7) is 22.3. The maximum absolute atomic E-state index is 13.8. The molecule has 1 fully saturated rings. The van der Waals surface area contributed by atoms with Crippen LogP contribution in [0, 0.1) is 27.7 Å². The van der Waals surface area contributed by atoms with E-state index in [9.17, 15) is 38.4 Å². The Kier molecular flexibility index (Phi) is 23.8. The summed E-state index contributed by atoms with van der Waals surface area (Å²) >= 11 is 0. The lowest BCUT2D eigenvalue weighted by atomic mass is 10.1. The molecule has 0 radical (unpaired) electrons. The number of nitrogens with one attached hydrogen (secondary N) is 4. The number of allylic oxidation sites excluding steroid dienone is 2. The first-order chi connectivity index (χ1) is 53.8. The molecule has 0 aliphatic carbocycles. The Morgan fingerprint density at radius 1 is 0.429 bits per heavy atom. The van der Waals surface area contributed by atoms with Crippen molar-refractivity contribution in [1.29, 1.82) is 0 Å². The molecule has 1 aliphatic rings. The van der Waals surface area contributed by atoms with Crippen LogP contribution in [-0.2, 0) is 57.1 Å². The summed E-state index contributed by atoms with van der Waals surface area (Å²) in [6, 6.07) is 23.0. The lowest BCUT2D eigenvalue weighted by Gasteiger charge is -2.26. The molecule has 4 aromatic carbocycles. The van der Waals surface area contributed by atoms with Crippen molar-refractivity contribution in [3.63, 3.8) is 0 Å². The highest BCUT2D eigenvalue weighted by Crippen LogP contribution is 2.34. The van der Waals surface area contributed by atoms with E-state index in [2.05, 4.69) is 56.5 Å². The maximum Gasteiger partial charge on any atom is 0.276 e. The van der Waals surface area contributed by atoms with Crippen LogP contribution < -0.4 is 53.7 Å². The fourth-order valence-corrected chi connectivity index (χ4v) is 13.5. The van der Waals surface area contributed by atoms with Gasteiger partial charge in [-0.2, -0.15) is 20.4 Å². The van der Waals surface area contributed by atoms with Crippen molar-refractivity contribution in [2.24, 2.45) is 22.9 Å². The van der Waals surface area contributed by atoms with Crippen LogP contribution in [0.2, 0.25) is 0 Å². The average Bonchev–Trinajstić information content (AvgIpc) is 1.62. The number of morpholine rings is 1. The molecule has 112 heavy (non-hydrogen) atoms. The Labute approximate surface area is 641 Å². The van der Waals surface area contributed by atoms with E-state index in [1.165, 1.54) is 19.2 Å². The maximum atomic E-state index is 13.8. The number of fused-ring (bicyclic) bond motifs is 4. The van der Waals surface area contributed by atoms with E-state index in [0.717, 1.165) is 31.0 Å². The van der Waals surface area contributed by atoms with Gasteiger partial charge in [0.15, 0.2) is 0 Å². The summed E-state index contributed by atoms with van der Waals surface area (Å²) < 4.78 is 31.3. The molecule has 12 N–H and O–H groups in total. The molecule has 0 bridgehead atoms. The van der Waals surface area contributed by atoms with Crippen molar-refractivity contribution in [3.05, 3.63) is 165 Å². The number of nitrogens with zero attached hydrogens (tertiary/aromatic N) is 17. The Morgan fingerprint density at radius 2 is 0.768 bits per heavy atom. The second kappa shape index (κ2) is 34.0. The molecule has 1 saturated heterocycles. The van der Waals surface area contributed by atoms with E-state index in [1.54, 1.807) is 108 Å². The lowest BCUT2D eigenvalue weighted by Crippen LogP contribution is -2.37. The number of hydrogen-bond donors (Lipinski definition) is 8. The highest BCUT2D eigenvalue weighted by molar-refractivity contribution is 6.07. The molecule has 0 saturated carbocycles. The van der Waals surface area contributed by atoms with E-state index < -0.39 is 35.4 Å². The van der Waals surface area contributed by atoms with Gasteiger partial charge in [0, 0.05) is 94.2 Å². The predicted molar refractivity (Wildman–Crippen MR) is 418 cm³/mol. The van der Waals surface area contributed by atoms with Crippen LogP contribution in [0.15, 0.2) is 97.1 Å². The topological polar surface area (TPSA) is 462 Å². The number of anilines is 4. The summed E-state index contributed by atoms with van der Waals surface area (Å²) in [6.07, 6.45) is 5.69. The zero-order valence-electron chi connectivity index (χ0n) is 63.7. The van der Waals surface area contributed by atoms with Crippen LogP contribution in [-0.4, -0.2) is 176 Å². The number of benzene rings is 4. The Bertz CT molecular complexity index is 5500. The zero-order valence-corrected chi connectivity index (χ0v) is 63.7. The van der Waals surface area contributed by atoms with Crippen LogP contribution in [0.3, 0.4) is 0 Å². The zero-order chi connectivity index (χ0) is 79.8. The van der Waals surface area contributed by atoms with Crippen LogP contribution in [0.1, 0.15) is 153 Å². The van der Waals surface area contributed by atoms with Crippen LogP contribution in [0.25, 0.3) is 44.1 Å². The smallest absolute Gasteiger partial charge is 0.276 e. The number of imidazole rings is 4. The molecule has 12 aromatic rings. The SMILES string of the molecule is CCn1nc(C)cc1C(=O)Nc1nc2cc(C(N)=O)cc(OC)c2n1C/C=C/Cn1c(NC(=O)c2cc(C)nn2CC)nc2cc(C(N)=O)cc(OCCCN3CCOCC3)c21.CCn1nc(C)cc1C(=O)Nc1nc2cc(C(N)=O)ccc2n1CCCCn1c(NC(=O)c2cc(C)nn2CC)nc2cc(C(N)=O)ccc21. The fourth-order valence-electron chi connectivity index (χ4n) is 13.5. The number of nitrogens with two attached hydrogens (primary N) is 4. The number of primary amides is 4. The normalized spacial score (nSPS) is 12.4. The summed E-state index contributed by atoms with van der Waals surface area (Å²) in [7, 11) is 1.47. The lowest BCUT2D eigenvalue weighted by molar-refractivity contribution is 0.0358. The summed E-state index contributed by atoms with van der Waals surface area (Å²) in [5.41, 5.74) is 32.0. The van der Waals surface area contributed by atoms with Crippen LogP contribution in [0.5, 0.6) is 11.5 Å². The van der Waals surface area contributed by atoms with Crippen LogP contribution >= 0.6 is 0 Å². The van der Waals surface area contributed by atoms with Crippen molar-refractivity contribution >= 4 is 115 Å². The number of unbranched alkanes of at least 4 members (excludes halogenated alkanes) is 1. The first kappa shape index (κ1) is 78.2. The first-order valence-electron chi connectivity index (χ1n) is 36.7. The minimum Gasteiger partial charge on any atom is -0.494 e. The van der Waals surface area contributed by atoms with Crippen molar-refractivity contribution < 1.29 is 52.6 Å². The number of amides is 8. The van der Waals surface area contributed by atoms with Crippen molar-refractivity contribution in [1.82, 2.24) is 82.2 Å². The Morgan fingerprint density at radius 3 is 1.12 bits per heavy atom. The quantitative estimate of drug-likeness (QED) is 0.0158. The van der Waals surface area contributed by atoms with Crippen molar-refractivity contribution in [3.8, 4) is 11.5 Å². The van der Waals surface area contributed by atoms with Crippen LogP contribution in [0.4, 0.5) is 23.8 Å². The molecule has 0 atom stereocenters. The third-order valence-electron chi connectivity index (χ3n) is 18.8. The molecule has 13 rings (SSSR count). The monoisotopic (exact) mass is 1530 g/mol. The van der Waals surface area contributed by atoms with Gasteiger partial charge in [-0.25, -0.2) is 19.9 Å². The van der Waals surface area contributed by atoms with Gasteiger partial charge in [-0.1, -0.05) is 12.2 Å². The van der Waals surface area contributed by atoms with Gasteiger partial charge >= 0.3 is 0 Å². The predicted octanol–water partition coefficient (Wildman–Crippen LogP) is 7.12. The second-order valence-electron chi connectivity index (χ2n) is 26.6. The van der Waals surface area contributed by atoms with E-state index >= 15 is 0 Å². The van der Waals surface area contributed by atoms with Gasteiger partial charge in [-0.3, -0.25) is 83.3 Å². The van der Waals surface area contributed by atoms with E-state index in [0.29, 0.717) is 191 Å². The van der Waals surface area contributed by atoms with Gasteiger partial charge < -0.3 is 55.4 Å². The van der Waals surface area contributed by atoms with Gasteiger partial charge in [0.05, 0.1) is 82.8 Å². The summed E-state index contributed by atoms with van der Waals surface area (Å²) in [5.74, 6) is -2.36. The molecule has 1 aliphatic heterocycles. The molecule has 36 nitrogen and oxygen atoms in total. The highest BCUT2D eigenvalue weighted by atomic mass is 16.5. The number of aromatic nitrogens is 16. The van der Waals surface area contributed by atoms with E-state index in [4.69, 9.17) is 47.1 Å². The number of rotatable bonds is 31. The number of aryl methyl sites for hydroxylation is 10. The number of methoxy groups -OCH3 is 1. The van der Waals surface area contributed by atoms with Crippen molar-refractivity contribution in [2.45, 2.75) is 127 Å². The largest absolute Gasteiger partial charge is 0.494 e. The Balaban J connectivity index is 0.000000213. The van der Waals surface area contributed by atoms with Gasteiger partial charge in [0.2, 0.25) is 47.4 Å². The molecule has 36 heteroatoms. The number of carbonyl (C=O) groups excluding carboxylic acids is 8. The highest BCUT2D eigenvalue weighted by Gasteiger charge is 2.27. The molecule has 8 aromatic heterocycles. The number of ether oxygens (including phenoxy) is 3. The first-order valence-corrected chi connectivity index (χ1v) is 36.7. The van der Waals surface area contributed by atoms with Gasteiger partial charge in [0.25, 0.3) is 23.6 Å². The molecule has 9 heterocycles. The second-order valence-corrected chi connectivity index (χ2v) is 26.6. The van der Waals surface area contributed by atoms with Gasteiger partial charge in [-0.05, 0) is 160 Å². The third-order valence-corrected chi connectivity index (χ3v) is 18.8. The molecular weight excluding hydrogens is 1440 g/mol. The molecular formula is C76H89N25O11. The van der Waals surface area contributed by atoms with Gasteiger partial charge in [0.1, 0.15) is 45.3 Å². The van der Waals surface area contributed by atoms with Gasteiger partial charge in [-0.15, -0.1) is 0 Å². The molecule has 0 spiro atoms. The minimum absolute atomic E-state index is 0.171. The molecule has 584 valence electrons. The average molecular weight is 1530 g/mol. The third kappa shape index (κ3) is 17.1. The van der Waals surface area contributed by atoms with Crippen molar-refractivity contribution in [2.75, 3.05) is 67.8 Å². The molecule has 8 amide bonds. The fraction of sp³-hybridized carbons (Fsp3) is 0.342. The minimum atomic E-state index is -0.666. The summed E-state index contributed by atoms with van der Waals surface area (Å²) in [5, 5.41) is 29.3. The summed E-state index contributed by atoms with van der Waals surface area (Å²) in [4.78, 5) is 124. The number of hydrogen-bond acceptors (Lipinski definition) is 20. The van der Waals surface area contributed by atoms with E-state index in [1.807, 2.05) is 69.8 Å². The Hall–Kier alpha value is -13.4.